The molecule has 11 heteroatoms. The van der Waals surface area contributed by atoms with Crippen LogP contribution in [0.3, 0.4) is 0 Å². The highest BCUT2D eigenvalue weighted by atomic mass is 16.6. The van der Waals surface area contributed by atoms with Crippen LogP contribution in [-0.4, -0.2) is 65.1 Å². The van der Waals surface area contributed by atoms with Crippen LogP contribution in [0.2, 0.25) is 0 Å². The lowest BCUT2D eigenvalue weighted by atomic mass is 9.92. The fourth-order valence-electron chi connectivity index (χ4n) is 4.19. The first-order valence-electron chi connectivity index (χ1n) is 13.8. The molecule has 1 aliphatic heterocycles. The van der Waals surface area contributed by atoms with E-state index in [0.717, 1.165) is 0 Å². The molecule has 41 heavy (non-hydrogen) atoms. The molecule has 0 radical (unpaired) electrons. The third kappa shape index (κ3) is 11.3. The molecule has 0 saturated carbocycles. The van der Waals surface area contributed by atoms with Gasteiger partial charge in [-0.3, -0.25) is 14.4 Å². The Labute approximate surface area is 241 Å². The van der Waals surface area contributed by atoms with Crippen molar-refractivity contribution >= 4 is 29.7 Å². The molecule has 226 valence electrons. The van der Waals surface area contributed by atoms with Crippen LogP contribution in [0.5, 0.6) is 5.75 Å². The molecule has 0 unspecified atom stereocenters. The molecule has 1 aromatic rings. The van der Waals surface area contributed by atoms with Gasteiger partial charge in [0.15, 0.2) is 5.78 Å². The largest absolute Gasteiger partial charge is 0.508 e. The summed E-state index contributed by atoms with van der Waals surface area (Å²) in [7, 11) is 0. The van der Waals surface area contributed by atoms with E-state index < -0.39 is 53.5 Å². The number of aromatic hydroxyl groups is 1. The van der Waals surface area contributed by atoms with Crippen LogP contribution in [0.25, 0.3) is 0 Å². The van der Waals surface area contributed by atoms with Gasteiger partial charge in [-0.05, 0) is 56.4 Å². The Bertz CT molecular complexity index is 1120. The zero-order chi connectivity index (χ0) is 30.9. The summed E-state index contributed by atoms with van der Waals surface area (Å²) in [5.74, 6) is -3.27. The molecular formula is C30H43N3O8. The zero-order valence-corrected chi connectivity index (χ0v) is 24.9. The minimum Gasteiger partial charge on any atom is -0.508 e. The van der Waals surface area contributed by atoms with E-state index in [9.17, 15) is 29.1 Å². The van der Waals surface area contributed by atoms with E-state index in [2.05, 4.69) is 16.0 Å². The highest BCUT2D eigenvalue weighted by Gasteiger charge is 2.32. The van der Waals surface area contributed by atoms with Gasteiger partial charge in [0.05, 0.1) is 12.6 Å². The van der Waals surface area contributed by atoms with Crippen LogP contribution in [0.1, 0.15) is 60.5 Å². The van der Waals surface area contributed by atoms with Gasteiger partial charge in [-0.25, -0.2) is 9.59 Å². The molecule has 0 spiro atoms. The number of hydrogen-bond donors (Lipinski definition) is 4. The minimum atomic E-state index is -1.08. The molecule has 4 N–H and O–H groups in total. The Balaban J connectivity index is 2.29. The van der Waals surface area contributed by atoms with Gasteiger partial charge in [-0.15, -0.1) is 0 Å². The summed E-state index contributed by atoms with van der Waals surface area (Å²) in [6, 6.07) is 3.32. The van der Waals surface area contributed by atoms with E-state index in [-0.39, 0.29) is 42.8 Å². The predicted molar refractivity (Wildman–Crippen MR) is 152 cm³/mol. The molecule has 0 aromatic heterocycles. The number of Topliss-reactive ketones (excluding diaryl/α,β-unsaturated/α-hetero) is 1. The number of nitrogens with one attached hydrogen (secondary N) is 3. The number of benzene rings is 1. The number of alkyl carbamates (subject to hydrolysis) is 1. The molecule has 1 heterocycles. The number of esters is 1. The highest BCUT2D eigenvalue weighted by molar-refractivity contribution is 5.95. The third-order valence-corrected chi connectivity index (χ3v) is 6.33. The molecular weight excluding hydrogens is 530 g/mol. The van der Waals surface area contributed by atoms with Crippen LogP contribution < -0.4 is 16.0 Å². The number of phenolic OH excluding ortho intramolecular Hbond substituents is 1. The van der Waals surface area contributed by atoms with Gasteiger partial charge in [0.2, 0.25) is 11.8 Å². The molecule has 3 amide bonds. The number of ketones is 1. The maximum absolute atomic E-state index is 13.3. The number of hydrogen-bond acceptors (Lipinski definition) is 8. The summed E-state index contributed by atoms with van der Waals surface area (Å²) in [6.45, 7) is 12.0. The molecule has 0 saturated heterocycles. The molecule has 4 atom stereocenters. The van der Waals surface area contributed by atoms with Crippen molar-refractivity contribution in [1.82, 2.24) is 16.0 Å². The zero-order valence-electron chi connectivity index (χ0n) is 24.9. The van der Waals surface area contributed by atoms with Gasteiger partial charge < -0.3 is 30.5 Å². The molecule has 0 aliphatic carbocycles. The quantitative estimate of drug-likeness (QED) is 0.346. The summed E-state index contributed by atoms with van der Waals surface area (Å²) in [4.78, 5) is 64.6. The number of phenols is 1. The van der Waals surface area contributed by atoms with Crippen molar-refractivity contribution in [3.63, 3.8) is 0 Å². The Morgan fingerprint density at radius 3 is 2.27 bits per heavy atom. The van der Waals surface area contributed by atoms with Gasteiger partial charge in [0.25, 0.3) is 0 Å². The lowest BCUT2D eigenvalue weighted by molar-refractivity contribution is -0.149. The van der Waals surface area contributed by atoms with E-state index in [4.69, 9.17) is 9.47 Å². The number of ether oxygens (including phenoxy) is 2. The minimum absolute atomic E-state index is 0.0572. The lowest BCUT2D eigenvalue weighted by Crippen LogP contribution is -2.54. The second kappa shape index (κ2) is 14.7. The van der Waals surface area contributed by atoms with Crippen molar-refractivity contribution in [3.8, 4) is 5.75 Å². The third-order valence-electron chi connectivity index (χ3n) is 6.33. The second-order valence-corrected chi connectivity index (χ2v) is 11.9. The van der Waals surface area contributed by atoms with Crippen molar-refractivity contribution in [2.24, 2.45) is 17.8 Å². The smallest absolute Gasteiger partial charge is 0.408 e. The molecule has 0 bridgehead atoms. The monoisotopic (exact) mass is 573 g/mol. The van der Waals surface area contributed by atoms with Crippen molar-refractivity contribution in [1.29, 1.82) is 0 Å². The Hall–Kier alpha value is -3.89. The summed E-state index contributed by atoms with van der Waals surface area (Å²) in [5.41, 5.74) is -0.0752. The van der Waals surface area contributed by atoms with Gasteiger partial charge in [-0.1, -0.05) is 45.9 Å². The van der Waals surface area contributed by atoms with Crippen LogP contribution in [-0.2, 0) is 35.1 Å². The van der Waals surface area contributed by atoms with Crippen LogP contribution in [0, 0.1) is 17.8 Å². The van der Waals surface area contributed by atoms with E-state index in [0.29, 0.717) is 5.56 Å². The summed E-state index contributed by atoms with van der Waals surface area (Å²) < 4.78 is 10.9. The van der Waals surface area contributed by atoms with Crippen molar-refractivity contribution < 1.29 is 38.6 Å². The molecule has 0 fully saturated rings. The molecule has 2 rings (SSSR count). The van der Waals surface area contributed by atoms with Gasteiger partial charge in [-0.2, -0.15) is 0 Å². The van der Waals surface area contributed by atoms with Crippen molar-refractivity contribution in [3.05, 3.63) is 42.0 Å². The Morgan fingerprint density at radius 1 is 1.07 bits per heavy atom. The first kappa shape index (κ1) is 33.3. The van der Waals surface area contributed by atoms with Gasteiger partial charge in [0.1, 0.15) is 23.4 Å². The lowest BCUT2D eigenvalue weighted by Gasteiger charge is -2.27. The molecule has 11 nitrogen and oxygen atoms in total. The van der Waals surface area contributed by atoms with Crippen LogP contribution in [0.15, 0.2) is 36.4 Å². The number of carbonyl (C=O) groups is 5. The highest BCUT2D eigenvalue weighted by Crippen LogP contribution is 2.17. The second-order valence-electron chi connectivity index (χ2n) is 11.9. The summed E-state index contributed by atoms with van der Waals surface area (Å²) in [6.07, 6.45) is 1.92. The first-order valence-corrected chi connectivity index (χ1v) is 13.8. The number of rotatable bonds is 8. The van der Waals surface area contributed by atoms with Gasteiger partial charge >= 0.3 is 12.1 Å². The van der Waals surface area contributed by atoms with Crippen molar-refractivity contribution in [2.45, 2.75) is 85.0 Å². The fourth-order valence-corrected chi connectivity index (χ4v) is 4.19. The Morgan fingerprint density at radius 2 is 1.71 bits per heavy atom. The fraction of sp³-hybridized carbons (Fsp3) is 0.567. The predicted octanol–water partition coefficient (Wildman–Crippen LogP) is 2.80. The maximum atomic E-state index is 13.3. The average molecular weight is 574 g/mol. The summed E-state index contributed by atoms with van der Waals surface area (Å²) in [5, 5.41) is 17.6. The topological polar surface area (TPSA) is 160 Å². The van der Waals surface area contributed by atoms with E-state index in [1.165, 1.54) is 24.3 Å². The van der Waals surface area contributed by atoms with E-state index in [1.807, 2.05) is 0 Å². The number of cyclic esters (lactones) is 1. The van der Waals surface area contributed by atoms with E-state index >= 15 is 0 Å². The van der Waals surface area contributed by atoms with E-state index in [1.54, 1.807) is 60.6 Å². The Kier molecular flexibility index (Phi) is 11.9. The van der Waals surface area contributed by atoms with Crippen molar-refractivity contribution in [2.75, 3.05) is 6.61 Å². The molecule has 1 aromatic carbocycles. The number of amides is 3. The summed E-state index contributed by atoms with van der Waals surface area (Å²) >= 11 is 0. The SMILES string of the molecule is CC(C)[C@H](NC(=O)OC(C)(C)C)C(=O)C[C@@H]1/C=C/C(=O)N[C@@H](C(C)C)C(=O)N[C@@H](Cc2ccc(O)cc2)C(=O)OC1. The maximum Gasteiger partial charge on any atom is 0.408 e. The average Bonchev–Trinajstić information content (AvgIpc) is 2.85. The number of carbonyl (C=O) groups excluding carboxylic acids is 5. The van der Waals surface area contributed by atoms with Gasteiger partial charge in [0, 0.05) is 18.8 Å². The normalized spacial score (nSPS) is 22.0. The first-order chi connectivity index (χ1) is 19.1. The van der Waals surface area contributed by atoms with Crippen LogP contribution >= 0.6 is 0 Å². The molecule has 1 aliphatic rings. The standard InChI is InChI=1S/C30H43N3O8/c1-17(2)25(33-29(39)41-30(5,6)7)23(35)15-20-10-13-24(36)32-26(18(3)4)27(37)31-22(28(38)40-16-20)14-19-8-11-21(34)12-9-19/h8-13,17-18,20,22,25-26,34H,14-16H2,1-7H3,(H,31,37)(H,32,36)(H,33,39)/b13-10+/t20-,22-,25-,26-/m0/s1. The van der Waals surface area contributed by atoms with Crippen LogP contribution in [0.4, 0.5) is 4.79 Å².